The van der Waals surface area contributed by atoms with Crippen molar-refractivity contribution in [3.05, 3.63) is 0 Å². The molecule has 0 radical (unpaired) electrons. The minimum Gasteiger partial charge on any atom is -0.480 e. The van der Waals surface area contributed by atoms with Crippen LogP contribution in [-0.4, -0.2) is 71.5 Å². The number of rotatable bonds is 6. The van der Waals surface area contributed by atoms with Crippen molar-refractivity contribution in [1.82, 2.24) is 4.90 Å². The van der Waals surface area contributed by atoms with E-state index in [0.29, 0.717) is 32.6 Å². The van der Waals surface area contributed by atoms with E-state index in [4.69, 9.17) is 20.5 Å². The Balaban J connectivity index is 0.00000146. The van der Waals surface area contributed by atoms with Gasteiger partial charge >= 0.3 is 13.1 Å². The number of nitrogens with zero attached hydrogens (tertiary/aromatic N) is 1. The topological polar surface area (TPSA) is 116 Å². The first-order valence-corrected chi connectivity index (χ1v) is 10.1. The maximum atomic E-state index is 11.7. The molecular weight excluding hydrogens is 335 g/mol. The van der Waals surface area contributed by atoms with Gasteiger partial charge in [0.1, 0.15) is 5.54 Å². The first kappa shape index (κ1) is 25.3. The molecule has 0 aromatic carbocycles. The summed E-state index contributed by atoms with van der Waals surface area (Å²) < 4.78 is 5.32. The molecule has 8 heteroatoms. The Bertz CT molecular complexity index is 381. The zero-order chi connectivity index (χ0) is 20.2. The summed E-state index contributed by atoms with van der Waals surface area (Å²) in [6.07, 6.45) is 2.95. The largest absolute Gasteiger partial charge is 0.480 e. The van der Waals surface area contributed by atoms with Crippen LogP contribution >= 0.6 is 0 Å². The standard InChI is InChI=1S/C14H27BN2O5.2C2H6/c16-14(13(18)19)9-11(3-4-15(20)21)1-2-12(14)10-17-5-7-22-8-6-17;2*1-2/h11-12,20-21H,1-10,16H2,(H,18,19);2*1-2H3. The van der Waals surface area contributed by atoms with Gasteiger partial charge in [-0.3, -0.25) is 9.69 Å². The first-order chi connectivity index (χ1) is 12.4. The molecule has 7 nitrogen and oxygen atoms in total. The van der Waals surface area contributed by atoms with Gasteiger partial charge in [-0.05, 0) is 31.5 Å². The summed E-state index contributed by atoms with van der Waals surface area (Å²) >= 11 is 0. The van der Waals surface area contributed by atoms with Gasteiger partial charge in [-0.1, -0.05) is 34.1 Å². The molecule has 3 unspecified atom stereocenters. The summed E-state index contributed by atoms with van der Waals surface area (Å²) in [4.78, 5) is 14.0. The van der Waals surface area contributed by atoms with E-state index in [1.165, 1.54) is 0 Å². The molecule has 1 aliphatic heterocycles. The lowest BCUT2D eigenvalue weighted by Gasteiger charge is -2.44. The quantitative estimate of drug-likeness (QED) is 0.520. The van der Waals surface area contributed by atoms with Crippen LogP contribution in [0.2, 0.25) is 6.32 Å². The van der Waals surface area contributed by atoms with Gasteiger partial charge in [0.15, 0.2) is 0 Å². The maximum Gasteiger partial charge on any atom is 0.451 e. The molecule has 0 aromatic heterocycles. The molecule has 1 aliphatic carbocycles. The Morgan fingerprint density at radius 1 is 1.19 bits per heavy atom. The number of hydrogen-bond donors (Lipinski definition) is 4. The number of nitrogens with two attached hydrogens (primary N) is 1. The van der Waals surface area contributed by atoms with E-state index in [1.54, 1.807) is 0 Å². The highest BCUT2D eigenvalue weighted by Gasteiger charge is 2.47. The molecule has 0 bridgehead atoms. The summed E-state index contributed by atoms with van der Waals surface area (Å²) in [6, 6.07) is 0. The normalized spacial score (nSPS) is 28.9. The van der Waals surface area contributed by atoms with Crippen LogP contribution in [0.3, 0.4) is 0 Å². The van der Waals surface area contributed by atoms with Crippen molar-refractivity contribution in [1.29, 1.82) is 0 Å². The van der Waals surface area contributed by atoms with E-state index >= 15 is 0 Å². The molecule has 1 heterocycles. The van der Waals surface area contributed by atoms with Gasteiger partial charge in [-0.25, -0.2) is 0 Å². The lowest BCUT2D eigenvalue weighted by Crippen LogP contribution is -2.60. The van der Waals surface area contributed by atoms with E-state index in [9.17, 15) is 9.90 Å². The van der Waals surface area contributed by atoms with Crippen LogP contribution in [0, 0.1) is 11.8 Å². The predicted octanol–water partition coefficient (Wildman–Crippen LogP) is 1.43. The lowest BCUT2D eigenvalue weighted by atomic mass is 9.66. The minimum atomic E-state index is -1.33. The van der Waals surface area contributed by atoms with E-state index in [1.807, 2.05) is 27.7 Å². The Morgan fingerprint density at radius 2 is 1.77 bits per heavy atom. The van der Waals surface area contributed by atoms with Gasteiger partial charge in [0.25, 0.3) is 0 Å². The minimum absolute atomic E-state index is 0.0709. The van der Waals surface area contributed by atoms with E-state index in [0.717, 1.165) is 25.9 Å². The van der Waals surface area contributed by atoms with Crippen LogP contribution in [-0.2, 0) is 9.53 Å². The number of carboxylic acids is 1. The van der Waals surface area contributed by atoms with Crippen LogP contribution < -0.4 is 5.73 Å². The van der Waals surface area contributed by atoms with Crippen LogP contribution in [0.25, 0.3) is 0 Å². The average molecular weight is 374 g/mol. The van der Waals surface area contributed by atoms with Crippen LogP contribution in [0.4, 0.5) is 0 Å². The summed E-state index contributed by atoms with van der Waals surface area (Å²) in [6.45, 7) is 11.7. The van der Waals surface area contributed by atoms with Gasteiger partial charge in [0.05, 0.1) is 13.2 Å². The van der Waals surface area contributed by atoms with Gasteiger partial charge in [-0.15, -0.1) is 0 Å². The van der Waals surface area contributed by atoms with Crippen LogP contribution in [0.5, 0.6) is 0 Å². The van der Waals surface area contributed by atoms with Gasteiger partial charge in [0, 0.05) is 25.6 Å². The fraction of sp³-hybridized carbons (Fsp3) is 0.944. The second-order valence-corrected chi connectivity index (χ2v) is 6.66. The van der Waals surface area contributed by atoms with Crippen molar-refractivity contribution in [2.75, 3.05) is 32.8 Å². The van der Waals surface area contributed by atoms with E-state index in [-0.39, 0.29) is 18.2 Å². The predicted molar refractivity (Wildman–Crippen MR) is 105 cm³/mol. The molecule has 26 heavy (non-hydrogen) atoms. The zero-order valence-corrected chi connectivity index (χ0v) is 17.0. The molecule has 1 saturated carbocycles. The fourth-order valence-corrected chi connectivity index (χ4v) is 3.68. The van der Waals surface area contributed by atoms with Crippen LogP contribution in [0.15, 0.2) is 0 Å². The summed E-state index contributed by atoms with van der Waals surface area (Å²) in [5.41, 5.74) is 5.06. The molecule has 154 valence electrons. The number of ether oxygens (including phenoxy) is 1. The Hall–Kier alpha value is -0.665. The highest BCUT2D eigenvalue weighted by Crippen LogP contribution is 2.38. The summed E-state index contributed by atoms with van der Waals surface area (Å²) in [5, 5.41) is 27.6. The third-order valence-corrected chi connectivity index (χ3v) is 5.09. The highest BCUT2D eigenvalue weighted by molar-refractivity contribution is 6.40. The average Bonchev–Trinajstić information content (AvgIpc) is 2.66. The molecular formula is C18H39BN2O5. The third-order valence-electron chi connectivity index (χ3n) is 5.09. The van der Waals surface area contributed by atoms with Crippen LogP contribution in [0.1, 0.15) is 53.4 Å². The second-order valence-electron chi connectivity index (χ2n) is 6.66. The maximum absolute atomic E-state index is 11.7. The molecule has 2 fully saturated rings. The van der Waals surface area contributed by atoms with E-state index in [2.05, 4.69) is 4.90 Å². The van der Waals surface area contributed by atoms with Crippen molar-refractivity contribution in [3.63, 3.8) is 0 Å². The fourth-order valence-electron chi connectivity index (χ4n) is 3.68. The molecule has 5 N–H and O–H groups in total. The van der Waals surface area contributed by atoms with Crippen molar-refractivity contribution in [2.24, 2.45) is 17.6 Å². The molecule has 0 spiro atoms. The zero-order valence-electron chi connectivity index (χ0n) is 17.0. The lowest BCUT2D eigenvalue weighted by molar-refractivity contribution is -0.148. The van der Waals surface area contributed by atoms with Crippen molar-refractivity contribution < 1.29 is 24.7 Å². The number of hydrogen-bond acceptors (Lipinski definition) is 6. The molecule has 0 amide bonds. The van der Waals surface area contributed by atoms with Gasteiger partial charge in [0.2, 0.25) is 0 Å². The first-order valence-electron chi connectivity index (χ1n) is 10.1. The molecule has 2 rings (SSSR count). The summed E-state index contributed by atoms with van der Waals surface area (Å²) in [7, 11) is -1.33. The highest BCUT2D eigenvalue weighted by atomic mass is 16.5. The SMILES string of the molecule is CC.CC.NC1(C(=O)O)CC(CCB(O)O)CCC1CN1CCOCC1. The van der Waals surface area contributed by atoms with Crippen molar-refractivity contribution in [3.8, 4) is 0 Å². The number of aliphatic carboxylic acids is 1. The smallest absolute Gasteiger partial charge is 0.451 e. The van der Waals surface area contributed by atoms with Gasteiger partial charge < -0.3 is 25.6 Å². The number of carboxylic acid groups (broad SMARTS) is 1. The molecule has 2 aliphatic rings. The Morgan fingerprint density at radius 3 is 2.27 bits per heavy atom. The Kier molecular flexibility index (Phi) is 13.2. The van der Waals surface area contributed by atoms with Crippen molar-refractivity contribution in [2.45, 2.75) is 65.2 Å². The molecule has 3 atom stereocenters. The number of morpholine rings is 1. The van der Waals surface area contributed by atoms with Gasteiger partial charge in [-0.2, -0.15) is 0 Å². The third kappa shape index (κ3) is 7.92. The number of carbonyl (C=O) groups is 1. The summed E-state index contributed by atoms with van der Waals surface area (Å²) in [5.74, 6) is -0.873. The molecule has 1 saturated heterocycles. The second kappa shape index (κ2) is 13.5. The van der Waals surface area contributed by atoms with Crippen molar-refractivity contribution >= 4 is 13.1 Å². The Labute approximate surface area is 159 Å². The van der Waals surface area contributed by atoms with E-state index < -0.39 is 18.6 Å². The molecule has 0 aromatic rings. The monoisotopic (exact) mass is 374 g/mol.